The van der Waals surface area contributed by atoms with Crippen molar-refractivity contribution in [1.29, 1.82) is 0 Å². The highest BCUT2D eigenvalue weighted by Gasteiger charge is 2.34. The Morgan fingerprint density at radius 3 is 2.72 bits per heavy atom. The Labute approximate surface area is 152 Å². The fraction of sp³-hybridized carbons (Fsp3) is 0.611. The van der Waals surface area contributed by atoms with E-state index in [0.717, 1.165) is 5.69 Å². The second-order valence-electron chi connectivity index (χ2n) is 6.86. The third-order valence-corrected chi connectivity index (χ3v) is 5.66. The maximum absolute atomic E-state index is 12.3. The molecule has 7 heteroatoms. The number of nitrogens with zero attached hydrogens (tertiary/aromatic N) is 2. The van der Waals surface area contributed by atoms with E-state index in [2.05, 4.69) is 16.9 Å². The summed E-state index contributed by atoms with van der Waals surface area (Å²) in [4.78, 5) is 30.3. The first-order valence-electron chi connectivity index (χ1n) is 8.62. The van der Waals surface area contributed by atoms with Gasteiger partial charge < -0.3 is 15.3 Å². The number of piperidine rings is 1. The van der Waals surface area contributed by atoms with E-state index < -0.39 is 5.60 Å². The van der Waals surface area contributed by atoms with E-state index in [0.29, 0.717) is 32.4 Å². The minimum Gasteiger partial charge on any atom is -0.388 e. The predicted octanol–water partition coefficient (Wildman–Crippen LogP) is 1.61. The van der Waals surface area contributed by atoms with Crippen molar-refractivity contribution in [3.8, 4) is 0 Å². The number of carbonyl (C=O) groups excluding carboxylic acids is 2. The van der Waals surface area contributed by atoms with Gasteiger partial charge in [-0.25, -0.2) is 4.98 Å². The van der Waals surface area contributed by atoms with Crippen molar-refractivity contribution in [2.24, 2.45) is 11.8 Å². The molecular weight excluding hydrogens is 338 g/mol. The minimum atomic E-state index is -0.954. The number of hydrogen-bond donors (Lipinski definition) is 2. The van der Waals surface area contributed by atoms with Gasteiger partial charge in [0.2, 0.25) is 11.8 Å². The van der Waals surface area contributed by atoms with E-state index in [-0.39, 0.29) is 30.2 Å². The van der Waals surface area contributed by atoms with Crippen molar-refractivity contribution in [3.63, 3.8) is 0 Å². The van der Waals surface area contributed by atoms with Gasteiger partial charge in [-0.1, -0.05) is 19.9 Å². The van der Waals surface area contributed by atoms with Crippen molar-refractivity contribution in [2.45, 2.75) is 38.7 Å². The van der Waals surface area contributed by atoms with Crippen molar-refractivity contribution >= 4 is 23.2 Å². The molecule has 2 heterocycles. The molecule has 2 atom stereocenters. The Balaban J connectivity index is 1.78. The minimum absolute atomic E-state index is 0.0328. The van der Waals surface area contributed by atoms with Crippen LogP contribution in [0.4, 0.5) is 0 Å². The maximum Gasteiger partial charge on any atom is 0.228 e. The van der Waals surface area contributed by atoms with Gasteiger partial charge in [0.15, 0.2) is 0 Å². The van der Waals surface area contributed by atoms with Crippen LogP contribution in [0.2, 0.25) is 0 Å². The van der Waals surface area contributed by atoms with Gasteiger partial charge in [0, 0.05) is 30.9 Å². The molecular formula is C18H27N3O3S. The molecule has 1 aliphatic heterocycles. The Morgan fingerprint density at radius 2 is 2.16 bits per heavy atom. The van der Waals surface area contributed by atoms with E-state index >= 15 is 0 Å². The van der Waals surface area contributed by atoms with Gasteiger partial charge in [0.25, 0.3) is 0 Å². The lowest BCUT2D eigenvalue weighted by Crippen LogP contribution is -2.53. The third-order valence-electron chi connectivity index (χ3n) is 5.03. The summed E-state index contributed by atoms with van der Waals surface area (Å²) >= 11 is 1.47. The van der Waals surface area contributed by atoms with Crippen LogP contribution in [0.25, 0.3) is 0 Å². The number of thiazole rings is 1. The molecule has 2 unspecified atom stereocenters. The quantitative estimate of drug-likeness (QED) is 0.719. The molecule has 1 aliphatic rings. The Hall–Kier alpha value is -1.73. The van der Waals surface area contributed by atoms with Crippen LogP contribution in [0.15, 0.2) is 23.5 Å². The summed E-state index contributed by atoms with van der Waals surface area (Å²) in [5.74, 6) is -0.144. The molecule has 0 spiro atoms. The van der Waals surface area contributed by atoms with Crippen LogP contribution in [-0.2, 0) is 16.0 Å². The monoisotopic (exact) mass is 365 g/mol. The highest BCUT2D eigenvalue weighted by molar-refractivity contribution is 7.07. The molecule has 1 fully saturated rings. The molecule has 0 radical (unpaired) electrons. The maximum atomic E-state index is 12.3. The van der Waals surface area contributed by atoms with Gasteiger partial charge >= 0.3 is 0 Å². The zero-order chi connectivity index (χ0) is 18.4. The van der Waals surface area contributed by atoms with Crippen LogP contribution in [0, 0.1) is 11.8 Å². The van der Waals surface area contributed by atoms with Gasteiger partial charge in [-0.05, 0) is 18.8 Å². The lowest BCUT2D eigenvalue weighted by Gasteiger charge is -2.38. The number of likely N-dealkylation sites (tertiary alicyclic amines) is 1. The summed E-state index contributed by atoms with van der Waals surface area (Å²) in [6.45, 7) is 8.71. The normalized spacial score (nSPS) is 19.1. The first-order chi connectivity index (χ1) is 11.8. The largest absolute Gasteiger partial charge is 0.388 e. The van der Waals surface area contributed by atoms with Crippen LogP contribution in [-0.4, -0.2) is 52.0 Å². The molecule has 1 aromatic heterocycles. The summed E-state index contributed by atoms with van der Waals surface area (Å²) in [5, 5.41) is 15.4. The number of amides is 2. The molecule has 2 N–H and O–H groups in total. The standard InChI is InChI=1S/C18H27N3O3S/c1-4-13(2)14(3)17(23)19-11-18(24)5-7-21(8-6-18)16(22)9-15-10-25-12-20-15/h4,10,12-14,24H,1,5-9,11H2,2-3H3,(H,19,23). The molecule has 0 saturated carbocycles. The van der Waals surface area contributed by atoms with Gasteiger partial charge in [-0.2, -0.15) is 0 Å². The fourth-order valence-corrected chi connectivity index (χ4v) is 3.35. The molecule has 2 amide bonds. The van der Waals surface area contributed by atoms with E-state index in [9.17, 15) is 14.7 Å². The predicted molar refractivity (Wildman–Crippen MR) is 98.1 cm³/mol. The van der Waals surface area contributed by atoms with E-state index in [4.69, 9.17) is 0 Å². The second kappa shape index (κ2) is 8.58. The summed E-state index contributed by atoms with van der Waals surface area (Å²) in [6.07, 6.45) is 2.98. The smallest absolute Gasteiger partial charge is 0.228 e. The van der Waals surface area contributed by atoms with Crippen molar-refractivity contribution < 1.29 is 14.7 Å². The molecule has 0 aliphatic carbocycles. The van der Waals surface area contributed by atoms with Crippen LogP contribution in [0.5, 0.6) is 0 Å². The number of aliphatic hydroxyl groups is 1. The Bertz CT molecular complexity index is 595. The highest BCUT2D eigenvalue weighted by Crippen LogP contribution is 2.22. The zero-order valence-electron chi connectivity index (χ0n) is 14.9. The van der Waals surface area contributed by atoms with Crippen LogP contribution in [0.1, 0.15) is 32.4 Å². The second-order valence-corrected chi connectivity index (χ2v) is 7.58. The average molecular weight is 365 g/mol. The number of carbonyl (C=O) groups is 2. The molecule has 1 aromatic rings. The molecule has 0 bridgehead atoms. The van der Waals surface area contributed by atoms with Crippen molar-refractivity contribution in [1.82, 2.24) is 15.2 Å². The molecule has 25 heavy (non-hydrogen) atoms. The molecule has 138 valence electrons. The topological polar surface area (TPSA) is 82.5 Å². The van der Waals surface area contributed by atoms with E-state index in [1.54, 1.807) is 16.5 Å². The molecule has 2 rings (SSSR count). The Morgan fingerprint density at radius 1 is 1.48 bits per heavy atom. The van der Waals surface area contributed by atoms with Crippen molar-refractivity contribution in [2.75, 3.05) is 19.6 Å². The lowest BCUT2D eigenvalue weighted by atomic mass is 9.90. The summed E-state index contributed by atoms with van der Waals surface area (Å²) in [5.41, 5.74) is 1.55. The summed E-state index contributed by atoms with van der Waals surface area (Å²) in [7, 11) is 0. The summed E-state index contributed by atoms with van der Waals surface area (Å²) < 4.78 is 0. The van der Waals surface area contributed by atoms with Gasteiger partial charge in [-0.15, -0.1) is 17.9 Å². The number of aromatic nitrogens is 1. The van der Waals surface area contributed by atoms with Crippen molar-refractivity contribution in [3.05, 3.63) is 29.2 Å². The number of nitrogens with one attached hydrogen (secondary N) is 1. The highest BCUT2D eigenvalue weighted by atomic mass is 32.1. The van der Waals surface area contributed by atoms with Crippen LogP contribution in [0.3, 0.4) is 0 Å². The number of hydrogen-bond acceptors (Lipinski definition) is 5. The Kier molecular flexibility index (Phi) is 6.72. The van der Waals surface area contributed by atoms with Gasteiger partial charge in [0.1, 0.15) is 0 Å². The summed E-state index contributed by atoms with van der Waals surface area (Å²) in [6, 6.07) is 0. The number of rotatable bonds is 7. The van der Waals surface area contributed by atoms with E-state index in [1.807, 2.05) is 19.2 Å². The van der Waals surface area contributed by atoms with Crippen LogP contribution >= 0.6 is 11.3 Å². The first kappa shape index (κ1) is 19.6. The van der Waals surface area contributed by atoms with E-state index in [1.165, 1.54) is 11.3 Å². The first-order valence-corrected chi connectivity index (χ1v) is 9.56. The molecule has 1 saturated heterocycles. The van der Waals surface area contributed by atoms with Crippen LogP contribution < -0.4 is 5.32 Å². The number of allylic oxidation sites excluding steroid dienone is 1. The average Bonchev–Trinajstić information content (AvgIpc) is 3.11. The van der Waals surface area contributed by atoms with Gasteiger partial charge in [-0.3, -0.25) is 9.59 Å². The third kappa shape index (κ3) is 5.37. The fourth-order valence-electron chi connectivity index (χ4n) is 2.80. The van der Waals surface area contributed by atoms with Gasteiger partial charge in [0.05, 0.1) is 23.2 Å². The molecule has 0 aromatic carbocycles. The lowest BCUT2D eigenvalue weighted by molar-refractivity contribution is -0.136. The SMILES string of the molecule is C=CC(C)C(C)C(=O)NCC1(O)CCN(C(=O)Cc2cscn2)CC1. The molecule has 6 nitrogen and oxygen atoms in total. The zero-order valence-corrected chi connectivity index (χ0v) is 15.7.